The van der Waals surface area contributed by atoms with Gasteiger partial charge in [0.15, 0.2) is 11.5 Å². The van der Waals surface area contributed by atoms with E-state index in [0.29, 0.717) is 5.56 Å². The SMILES string of the molecule is COc1ccc(CCN(C)CCCC(C#N)(c2ccc(C(=O)OC(C)C)cc2)C(C)C)cc1OC. The lowest BCUT2D eigenvalue weighted by atomic mass is 9.69. The van der Waals surface area contributed by atoms with Gasteiger partial charge in [-0.3, -0.25) is 0 Å². The van der Waals surface area contributed by atoms with Gasteiger partial charge in [0, 0.05) is 6.54 Å². The zero-order chi connectivity index (χ0) is 26.0. The molecule has 1 atom stereocenters. The highest BCUT2D eigenvalue weighted by molar-refractivity contribution is 5.89. The van der Waals surface area contributed by atoms with Gasteiger partial charge in [0.1, 0.15) is 0 Å². The first-order valence-electron chi connectivity index (χ1n) is 12.3. The van der Waals surface area contributed by atoms with Gasteiger partial charge in [0.05, 0.1) is 37.4 Å². The number of carbonyl (C=O) groups excluding carboxylic acids is 1. The summed E-state index contributed by atoms with van der Waals surface area (Å²) in [7, 11) is 5.40. The quantitative estimate of drug-likeness (QED) is 0.346. The van der Waals surface area contributed by atoms with Crippen LogP contribution < -0.4 is 9.47 Å². The molecule has 0 aliphatic rings. The summed E-state index contributed by atoms with van der Waals surface area (Å²) in [6, 6.07) is 16.0. The van der Waals surface area contributed by atoms with E-state index in [9.17, 15) is 10.1 Å². The molecule has 0 aliphatic carbocycles. The Hall–Kier alpha value is -3.04. The van der Waals surface area contributed by atoms with Gasteiger partial charge in [-0.2, -0.15) is 5.26 Å². The van der Waals surface area contributed by atoms with Crippen molar-refractivity contribution in [3.63, 3.8) is 0 Å². The van der Waals surface area contributed by atoms with Gasteiger partial charge in [0.25, 0.3) is 0 Å². The maximum absolute atomic E-state index is 12.2. The number of rotatable bonds is 13. The van der Waals surface area contributed by atoms with Gasteiger partial charge >= 0.3 is 5.97 Å². The molecule has 1 unspecified atom stereocenters. The van der Waals surface area contributed by atoms with Crippen molar-refractivity contribution in [1.29, 1.82) is 5.26 Å². The average Bonchev–Trinajstić information content (AvgIpc) is 2.84. The smallest absolute Gasteiger partial charge is 0.338 e. The van der Waals surface area contributed by atoms with E-state index in [1.54, 1.807) is 26.4 Å². The summed E-state index contributed by atoms with van der Waals surface area (Å²) in [5.74, 6) is 1.27. The van der Waals surface area contributed by atoms with Crippen LogP contribution in [0.5, 0.6) is 11.5 Å². The monoisotopic (exact) mass is 480 g/mol. The van der Waals surface area contributed by atoms with Crippen LogP contribution in [0.15, 0.2) is 42.5 Å². The average molecular weight is 481 g/mol. The topological polar surface area (TPSA) is 71.8 Å². The van der Waals surface area contributed by atoms with Crippen LogP contribution >= 0.6 is 0 Å². The molecular formula is C29H40N2O4. The van der Waals surface area contributed by atoms with Crippen molar-refractivity contribution in [1.82, 2.24) is 4.90 Å². The number of carbonyl (C=O) groups is 1. The predicted octanol–water partition coefficient (Wildman–Crippen LogP) is 5.64. The number of likely N-dealkylation sites (N-methyl/N-ethyl adjacent to an activating group) is 1. The first kappa shape index (κ1) is 28.2. The molecule has 0 amide bonds. The highest BCUT2D eigenvalue weighted by Crippen LogP contribution is 2.37. The fourth-order valence-corrected chi connectivity index (χ4v) is 4.30. The third kappa shape index (κ3) is 7.47. The van der Waals surface area contributed by atoms with E-state index in [1.807, 2.05) is 38.1 Å². The zero-order valence-corrected chi connectivity index (χ0v) is 22.3. The molecular weight excluding hydrogens is 440 g/mol. The summed E-state index contributed by atoms with van der Waals surface area (Å²) in [6.45, 7) is 9.63. The molecule has 0 aromatic heterocycles. The van der Waals surface area contributed by atoms with E-state index < -0.39 is 5.41 Å². The van der Waals surface area contributed by atoms with Gasteiger partial charge < -0.3 is 19.1 Å². The number of hydrogen-bond donors (Lipinski definition) is 0. The van der Waals surface area contributed by atoms with E-state index in [0.717, 1.165) is 49.4 Å². The summed E-state index contributed by atoms with van der Waals surface area (Å²) >= 11 is 0. The molecule has 6 nitrogen and oxygen atoms in total. The first-order chi connectivity index (χ1) is 16.7. The molecule has 190 valence electrons. The minimum atomic E-state index is -0.606. The van der Waals surface area contributed by atoms with Crippen LogP contribution in [0.25, 0.3) is 0 Å². The van der Waals surface area contributed by atoms with Crippen molar-refractivity contribution in [2.24, 2.45) is 5.92 Å². The van der Waals surface area contributed by atoms with E-state index in [1.165, 1.54) is 5.56 Å². The highest BCUT2D eigenvalue weighted by atomic mass is 16.5. The minimum Gasteiger partial charge on any atom is -0.493 e. The number of methoxy groups -OCH3 is 2. The van der Waals surface area contributed by atoms with Crippen molar-refractivity contribution in [3.8, 4) is 17.6 Å². The minimum absolute atomic E-state index is 0.137. The molecule has 2 rings (SSSR count). The number of esters is 1. The van der Waals surface area contributed by atoms with Crippen molar-refractivity contribution in [2.75, 3.05) is 34.4 Å². The van der Waals surface area contributed by atoms with Gasteiger partial charge in [0.2, 0.25) is 0 Å². The normalized spacial score (nSPS) is 12.9. The molecule has 35 heavy (non-hydrogen) atoms. The molecule has 0 radical (unpaired) electrons. The number of nitrogens with zero attached hydrogens (tertiary/aromatic N) is 2. The number of hydrogen-bond acceptors (Lipinski definition) is 6. The molecule has 0 saturated heterocycles. The van der Waals surface area contributed by atoms with Crippen LogP contribution in [0.2, 0.25) is 0 Å². The number of ether oxygens (including phenoxy) is 3. The van der Waals surface area contributed by atoms with Crippen LogP contribution in [0, 0.1) is 17.2 Å². The first-order valence-corrected chi connectivity index (χ1v) is 12.3. The Morgan fingerprint density at radius 2 is 1.66 bits per heavy atom. The molecule has 0 heterocycles. The Bertz CT molecular complexity index is 995. The van der Waals surface area contributed by atoms with E-state index in [-0.39, 0.29) is 18.0 Å². The van der Waals surface area contributed by atoms with E-state index >= 15 is 0 Å². The second kappa shape index (κ2) is 13.2. The maximum atomic E-state index is 12.2. The Kier molecular flexibility index (Phi) is 10.6. The second-order valence-corrected chi connectivity index (χ2v) is 9.62. The molecule has 0 spiro atoms. The van der Waals surface area contributed by atoms with Crippen LogP contribution in [0.1, 0.15) is 62.0 Å². The van der Waals surface area contributed by atoms with Crippen LogP contribution in [0.3, 0.4) is 0 Å². The highest BCUT2D eigenvalue weighted by Gasteiger charge is 2.35. The Morgan fingerprint density at radius 3 is 2.20 bits per heavy atom. The van der Waals surface area contributed by atoms with Gasteiger partial charge in [-0.15, -0.1) is 0 Å². The summed E-state index contributed by atoms with van der Waals surface area (Å²) in [5.41, 5.74) is 2.04. The van der Waals surface area contributed by atoms with E-state index in [2.05, 4.69) is 37.9 Å². The van der Waals surface area contributed by atoms with Crippen LogP contribution in [-0.2, 0) is 16.6 Å². The zero-order valence-electron chi connectivity index (χ0n) is 22.3. The molecule has 0 bridgehead atoms. The molecule has 6 heteroatoms. The number of nitriles is 1. The molecule has 2 aromatic rings. The fourth-order valence-electron chi connectivity index (χ4n) is 4.30. The number of benzene rings is 2. The second-order valence-electron chi connectivity index (χ2n) is 9.62. The molecule has 2 aromatic carbocycles. The summed E-state index contributed by atoms with van der Waals surface area (Å²) in [5, 5.41) is 10.2. The molecule has 0 fully saturated rings. The van der Waals surface area contributed by atoms with Crippen LogP contribution in [-0.4, -0.2) is 51.3 Å². The van der Waals surface area contributed by atoms with Gasteiger partial charge in [-0.25, -0.2) is 4.79 Å². The largest absolute Gasteiger partial charge is 0.493 e. The third-order valence-corrected chi connectivity index (χ3v) is 6.50. The lowest BCUT2D eigenvalue weighted by Gasteiger charge is -2.32. The summed E-state index contributed by atoms with van der Waals surface area (Å²) < 4.78 is 16.0. The Labute approximate surface area is 210 Å². The van der Waals surface area contributed by atoms with Crippen molar-refractivity contribution in [2.45, 2.75) is 58.5 Å². The maximum Gasteiger partial charge on any atom is 0.338 e. The molecule has 0 aliphatic heterocycles. The van der Waals surface area contributed by atoms with E-state index in [4.69, 9.17) is 14.2 Å². The van der Waals surface area contributed by atoms with Crippen molar-refractivity contribution < 1.29 is 19.0 Å². The standard InChI is InChI=1S/C29H40N2O4/c1-21(2)29(20-30,25-12-10-24(11-13-25)28(32)35-22(3)4)16-8-17-31(5)18-15-23-9-14-26(33-6)27(19-23)34-7/h9-14,19,21-22H,8,15-18H2,1-7H3. The molecule has 0 N–H and O–H groups in total. The Balaban J connectivity index is 1.99. The predicted molar refractivity (Wildman–Crippen MR) is 139 cm³/mol. The summed E-state index contributed by atoms with van der Waals surface area (Å²) in [4.78, 5) is 14.5. The molecule has 0 saturated carbocycles. The lowest BCUT2D eigenvalue weighted by molar-refractivity contribution is 0.0378. The van der Waals surface area contributed by atoms with Crippen molar-refractivity contribution >= 4 is 5.97 Å². The van der Waals surface area contributed by atoms with Crippen LogP contribution in [0.4, 0.5) is 0 Å². The summed E-state index contributed by atoms with van der Waals surface area (Å²) in [6.07, 6.45) is 2.38. The van der Waals surface area contributed by atoms with Gasteiger partial charge in [-0.05, 0) is 88.0 Å². The van der Waals surface area contributed by atoms with Crippen molar-refractivity contribution in [3.05, 3.63) is 59.2 Å². The Morgan fingerprint density at radius 1 is 1.00 bits per heavy atom. The third-order valence-electron chi connectivity index (χ3n) is 6.50. The lowest BCUT2D eigenvalue weighted by Crippen LogP contribution is -2.32. The fraction of sp³-hybridized carbons (Fsp3) is 0.517. The van der Waals surface area contributed by atoms with Gasteiger partial charge in [-0.1, -0.05) is 32.0 Å².